The number of nitrogens with zero attached hydrogens (tertiary/aromatic N) is 5. The van der Waals surface area contributed by atoms with E-state index in [1.54, 1.807) is 35.3 Å². The van der Waals surface area contributed by atoms with Crippen molar-refractivity contribution in [2.45, 2.75) is 25.8 Å². The SMILES string of the molecule is Cn1cc2c3c(c[nH]c3c1=O)CN(c1ncc(F)cc1F)c1cc3c(cc1-2)N(CCS(C)(=O)=O)CCN3C(=O)CCCCN. The summed E-state index contributed by atoms with van der Waals surface area (Å²) >= 11 is 0. The van der Waals surface area contributed by atoms with E-state index in [0.29, 0.717) is 77.1 Å². The Hall–Kier alpha value is -4.30. The van der Waals surface area contributed by atoms with E-state index in [-0.39, 0.29) is 42.5 Å². The van der Waals surface area contributed by atoms with E-state index >= 15 is 4.39 Å². The smallest absolute Gasteiger partial charge is 0.274 e. The topological polar surface area (TPSA) is 138 Å². The van der Waals surface area contributed by atoms with E-state index < -0.39 is 21.5 Å². The number of H-pyrrole nitrogens is 1. The summed E-state index contributed by atoms with van der Waals surface area (Å²) in [6.45, 7) is 1.50. The minimum Gasteiger partial charge on any atom is -0.367 e. The van der Waals surface area contributed by atoms with Gasteiger partial charge in [0, 0.05) is 74.3 Å². The van der Waals surface area contributed by atoms with Gasteiger partial charge in [0.05, 0.1) is 35.6 Å². The van der Waals surface area contributed by atoms with E-state index in [1.807, 2.05) is 11.0 Å². The molecule has 0 radical (unpaired) electrons. The standard InChI is InChI=1S/C30H33F2N7O4S/c1-36-17-21-20-12-24-25(38(26(40)5-3-4-6-33)8-7-37(24)9-10-44(2,42)43)13-23(20)39(29-22(32)11-19(31)15-35-29)16-18-14-34-28(27(18)21)30(36)41/h11-15,17,34H,3-10,16,33H2,1-2H3. The third-order valence-electron chi connectivity index (χ3n) is 8.24. The number of fused-ring (bicyclic) bond motifs is 3. The summed E-state index contributed by atoms with van der Waals surface area (Å²) in [6.07, 6.45) is 7.12. The van der Waals surface area contributed by atoms with Gasteiger partial charge in [0.15, 0.2) is 11.6 Å². The zero-order chi connectivity index (χ0) is 31.3. The number of aromatic nitrogens is 3. The van der Waals surface area contributed by atoms with Crippen LogP contribution >= 0.6 is 0 Å². The molecule has 1 aromatic carbocycles. The molecule has 0 fully saturated rings. The minimum atomic E-state index is -3.29. The molecule has 0 aliphatic carbocycles. The fourth-order valence-corrected chi connectivity index (χ4v) is 6.62. The van der Waals surface area contributed by atoms with Crippen molar-refractivity contribution in [3.05, 3.63) is 64.3 Å². The number of aromatic amines is 1. The summed E-state index contributed by atoms with van der Waals surface area (Å²) in [5.41, 5.74) is 9.49. The van der Waals surface area contributed by atoms with Gasteiger partial charge < -0.3 is 30.0 Å². The number of nitrogens with two attached hydrogens (primary N) is 1. The summed E-state index contributed by atoms with van der Waals surface area (Å²) in [4.78, 5) is 39.0. The molecule has 14 heteroatoms. The van der Waals surface area contributed by atoms with Crippen molar-refractivity contribution in [2.75, 3.05) is 52.9 Å². The largest absolute Gasteiger partial charge is 0.367 e. The predicted octanol–water partition coefficient (Wildman–Crippen LogP) is 3.19. The fourth-order valence-electron chi connectivity index (χ4n) is 6.07. The zero-order valence-corrected chi connectivity index (χ0v) is 25.3. The Morgan fingerprint density at radius 3 is 2.61 bits per heavy atom. The molecule has 44 heavy (non-hydrogen) atoms. The molecule has 0 atom stereocenters. The molecule has 1 amide bonds. The first-order valence-electron chi connectivity index (χ1n) is 14.4. The van der Waals surface area contributed by atoms with Crippen LogP contribution in [0.2, 0.25) is 0 Å². The molecule has 4 aromatic rings. The Balaban J connectivity index is 1.61. The summed E-state index contributed by atoms with van der Waals surface area (Å²) in [6, 6.07) is 4.41. The van der Waals surface area contributed by atoms with Crippen LogP contribution in [-0.4, -0.2) is 67.0 Å². The second-order valence-electron chi connectivity index (χ2n) is 11.3. The number of hydrogen-bond acceptors (Lipinski definition) is 8. The quantitative estimate of drug-likeness (QED) is 0.285. The highest BCUT2D eigenvalue weighted by Gasteiger charge is 2.33. The molecule has 0 saturated heterocycles. The number of rotatable bonds is 8. The summed E-state index contributed by atoms with van der Waals surface area (Å²) < 4.78 is 55.1. The second kappa shape index (κ2) is 11.3. The first kappa shape index (κ1) is 29.8. The molecular formula is C30H33F2N7O4S. The van der Waals surface area contributed by atoms with Crippen LogP contribution < -0.4 is 26.0 Å². The number of unbranched alkanes of at least 4 members (excludes halogenated alkanes) is 1. The van der Waals surface area contributed by atoms with Gasteiger partial charge in [-0.15, -0.1) is 0 Å². The number of hydrogen-bond donors (Lipinski definition) is 2. The third kappa shape index (κ3) is 5.32. The number of carbonyl (C=O) groups is 1. The summed E-state index contributed by atoms with van der Waals surface area (Å²) in [5.74, 6) is -2.00. The summed E-state index contributed by atoms with van der Waals surface area (Å²) in [5, 5.41) is 0.660. The Morgan fingerprint density at radius 2 is 1.89 bits per heavy atom. The molecule has 2 aliphatic rings. The Morgan fingerprint density at radius 1 is 1.09 bits per heavy atom. The van der Waals surface area contributed by atoms with Gasteiger partial charge in [0.2, 0.25) is 5.91 Å². The van der Waals surface area contributed by atoms with E-state index in [2.05, 4.69) is 9.97 Å². The maximum absolute atomic E-state index is 15.4. The molecule has 0 unspecified atom stereocenters. The molecule has 6 rings (SSSR count). The zero-order valence-electron chi connectivity index (χ0n) is 24.4. The van der Waals surface area contributed by atoms with Crippen LogP contribution in [0.25, 0.3) is 22.0 Å². The van der Waals surface area contributed by atoms with Crippen LogP contribution in [0.5, 0.6) is 0 Å². The molecule has 0 spiro atoms. The lowest BCUT2D eigenvalue weighted by atomic mass is 9.98. The van der Waals surface area contributed by atoms with Gasteiger partial charge in [-0.1, -0.05) is 0 Å². The van der Waals surface area contributed by atoms with Crippen LogP contribution in [-0.2, 0) is 28.2 Å². The third-order valence-corrected chi connectivity index (χ3v) is 9.16. The van der Waals surface area contributed by atoms with Crippen LogP contribution in [0.4, 0.5) is 31.7 Å². The lowest BCUT2D eigenvalue weighted by Crippen LogP contribution is -2.45. The maximum atomic E-state index is 15.4. The number of amides is 1. The van der Waals surface area contributed by atoms with Crippen LogP contribution in [0.1, 0.15) is 24.8 Å². The normalized spacial score (nSPS) is 14.5. The van der Waals surface area contributed by atoms with Crippen molar-refractivity contribution in [1.82, 2.24) is 14.5 Å². The average molecular weight is 626 g/mol. The molecule has 0 saturated carbocycles. The second-order valence-corrected chi connectivity index (χ2v) is 13.6. The number of anilines is 4. The molecule has 3 N–H and O–H groups in total. The number of benzene rings is 1. The number of aryl methyl sites for hydroxylation is 1. The van der Waals surface area contributed by atoms with Gasteiger partial charge in [0.1, 0.15) is 21.2 Å². The van der Waals surface area contributed by atoms with Gasteiger partial charge in [-0.2, -0.15) is 0 Å². The van der Waals surface area contributed by atoms with Crippen molar-refractivity contribution >= 4 is 49.5 Å². The van der Waals surface area contributed by atoms with E-state index in [9.17, 15) is 22.4 Å². The Kier molecular flexibility index (Phi) is 7.66. The lowest BCUT2D eigenvalue weighted by Gasteiger charge is -2.39. The predicted molar refractivity (Wildman–Crippen MR) is 166 cm³/mol. The molecule has 3 aromatic heterocycles. The number of halogens is 2. The first-order chi connectivity index (χ1) is 21.0. The van der Waals surface area contributed by atoms with Gasteiger partial charge in [-0.25, -0.2) is 22.2 Å². The van der Waals surface area contributed by atoms with E-state index in [1.165, 1.54) is 10.8 Å². The van der Waals surface area contributed by atoms with Crippen molar-refractivity contribution in [3.8, 4) is 11.1 Å². The van der Waals surface area contributed by atoms with E-state index in [4.69, 9.17) is 5.73 Å². The van der Waals surface area contributed by atoms with Crippen molar-refractivity contribution in [3.63, 3.8) is 0 Å². The number of carbonyl (C=O) groups excluding carboxylic acids is 1. The van der Waals surface area contributed by atoms with Gasteiger partial charge >= 0.3 is 0 Å². The lowest BCUT2D eigenvalue weighted by molar-refractivity contribution is -0.118. The number of sulfone groups is 1. The van der Waals surface area contributed by atoms with Crippen LogP contribution in [0.3, 0.4) is 0 Å². The Bertz CT molecular complexity index is 1960. The van der Waals surface area contributed by atoms with Crippen LogP contribution in [0.15, 0.2) is 41.6 Å². The first-order valence-corrected chi connectivity index (χ1v) is 16.4. The fraction of sp³-hybridized carbons (Fsp3) is 0.367. The highest BCUT2D eigenvalue weighted by Crippen LogP contribution is 2.49. The molecule has 11 nitrogen and oxygen atoms in total. The minimum absolute atomic E-state index is 0.0865. The number of pyridine rings is 2. The monoisotopic (exact) mass is 625 g/mol. The van der Waals surface area contributed by atoms with Crippen molar-refractivity contribution in [2.24, 2.45) is 12.8 Å². The van der Waals surface area contributed by atoms with Crippen molar-refractivity contribution < 1.29 is 22.0 Å². The highest BCUT2D eigenvalue weighted by atomic mass is 32.2. The molecular weight excluding hydrogens is 592 g/mol. The molecule has 2 aliphatic heterocycles. The maximum Gasteiger partial charge on any atom is 0.274 e. The molecule has 232 valence electrons. The van der Waals surface area contributed by atoms with Gasteiger partial charge in [0.25, 0.3) is 5.56 Å². The average Bonchev–Trinajstić information content (AvgIpc) is 3.34. The highest BCUT2D eigenvalue weighted by molar-refractivity contribution is 7.90. The molecule has 0 bridgehead atoms. The number of nitrogens with one attached hydrogen (secondary N) is 1. The van der Waals surface area contributed by atoms with E-state index in [0.717, 1.165) is 12.3 Å². The Labute approximate surface area is 252 Å². The van der Waals surface area contributed by atoms with Crippen molar-refractivity contribution in [1.29, 1.82) is 0 Å². The molecule has 5 heterocycles. The van der Waals surface area contributed by atoms with Crippen LogP contribution in [0, 0.1) is 11.6 Å². The summed E-state index contributed by atoms with van der Waals surface area (Å²) in [7, 11) is -1.65. The van der Waals surface area contributed by atoms with Gasteiger partial charge in [-0.05, 0) is 37.1 Å². The van der Waals surface area contributed by atoms with Gasteiger partial charge in [-0.3, -0.25) is 9.59 Å².